The van der Waals surface area contributed by atoms with E-state index in [1.807, 2.05) is 19.1 Å². The maximum Gasteiger partial charge on any atom is 0.354 e. The van der Waals surface area contributed by atoms with Crippen molar-refractivity contribution >= 4 is 5.97 Å². The van der Waals surface area contributed by atoms with E-state index in [9.17, 15) is 4.79 Å². The van der Waals surface area contributed by atoms with Crippen LogP contribution in [0.4, 0.5) is 0 Å². The van der Waals surface area contributed by atoms with Gasteiger partial charge in [0.1, 0.15) is 5.76 Å². The Kier molecular flexibility index (Phi) is 4.30. The lowest BCUT2D eigenvalue weighted by molar-refractivity contribution is 0.0687. The Morgan fingerprint density at radius 2 is 2.21 bits per heavy atom. The zero-order chi connectivity index (χ0) is 13.7. The van der Waals surface area contributed by atoms with Gasteiger partial charge in [-0.1, -0.05) is 13.0 Å². The molecule has 1 N–H and O–H groups in total. The summed E-state index contributed by atoms with van der Waals surface area (Å²) >= 11 is 0. The van der Waals surface area contributed by atoms with Gasteiger partial charge in [-0.15, -0.1) is 0 Å². The Balaban J connectivity index is 2.12. The van der Waals surface area contributed by atoms with E-state index in [0.717, 1.165) is 12.3 Å². The highest BCUT2D eigenvalue weighted by Crippen LogP contribution is 2.12. The van der Waals surface area contributed by atoms with Crippen molar-refractivity contribution in [2.75, 3.05) is 6.54 Å². The molecule has 0 aromatic carbocycles. The number of aromatic nitrogens is 1. The molecule has 0 radical (unpaired) electrons. The van der Waals surface area contributed by atoms with Gasteiger partial charge >= 0.3 is 5.97 Å². The molecule has 5 heteroatoms. The van der Waals surface area contributed by atoms with Gasteiger partial charge in [0.2, 0.25) is 0 Å². The molecule has 0 unspecified atom stereocenters. The number of aromatic carboxylic acids is 1. The molecule has 2 aromatic rings. The Hall–Kier alpha value is -2.14. The number of furan rings is 1. The van der Waals surface area contributed by atoms with E-state index in [0.29, 0.717) is 18.7 Å². The van der Waals surface area contributed by atoms with Crippen LogP contribution in [0.3, 0.4) is 0 Å². The molecule has 0 saturated heterocycles. The third-order valence-corrected chi connectivity index (χ3v) is 2.89. The van der Waals surface area contributed by atoms with Crippen molar-refractivity contribution in [2.45, 2.75) is 20.0 Å². The van der Waals surface area contributed by atoms with Crippen molar-refractivity contribution in [3.8, 4) is 0 Å². The first-order chi connectivity index (χ1) is 9.20. The van der Waals surface area contributed by atoms with Crippen LogP contribution in [0.25, 0.3) is 0 Å². The van der Waals surface area contributed by atoms with Gasteiger partial charge < -0.3 is 9.52 Å². The quantitative estimate of drug-likeness (QED) is 0.863. The summed E-state index contributed by atoms with van der Waals surface area (Å²) in [6, 6.07) is 7.30. The summed E-state index contributed by atoms with van der Waals surface area (Å²) in [6.45, 7) is 4.01. The van der Waals surface area contributed by atoms with Gasteiger partial charge in [-0.2, -0.15) is 0 Å². The minimum atomic E-state index is -0.996. The Morgan fingerprint density at radius 1 is 1.37 bits per heavy atom. The SMILES string of the molecule is CCN(Cc1ccco1)Cc1cccnc1C(=O)O. The number of carboxylic acids is 1. The first-order valence-corrected chi connectivity index (χ1v) is 6.12. The van der Waals surface area contributed by atoms with Gasteiger partial charge in [-0.05, 0) is 30.3 Å². The predicted octanol–water partition coefficient (Wildman–Crippen LogP) is 2.39. The van der Waals surface area contributed by atoms with Crippen molar-refractivity contribution < 1.29 is 14.3 Å². The summed E-state index contributed by atoms with van der Waals surface area (Å²) in [5.41, 5.74) is 0.823. The fourth-order valence-electron chi connectivity index (χ4n) is 1.90. The zero-order valence-corrected chi connectivity index (χ0v) is 10.7. The molecule has 19 heavy (non-hydrogen) atoms. The van der Waals surface area contributed by atoms with E-state index in [1.165, 1.54) is 6.20 Å². The van der Waals surface area contributed by atoms with Gasteiger partial charge in [0, 0.05) is 12.7 Å². The third-order valence-electron chi connectivity index (χ3n) is 2.89. The monoisotopic (exact) mass is 260 g/mol. The lowest BCUT2D eigenvalue weighted by Crippen LogP contribution is -2.23. The van der Waals surface area contributed by atoms with Crippen LogP contribution in [0.5, 0.6) is 0 Å². The molecule has 0 aliphatic carbocycles. The van der Waals surface area contributed by atoms with Crippen molar-refractivity contribution in [3.63, 3.8) is 0 Å². The number of carboxylic acid groups (broad SMARTS) is 1. The molecule has 2 rings (SSSR count). The lowest BCUT2D eigenvalue weighted by Gasteiger charge is -2.19. The maximum absolute atomic E-state index is 11.1. The predicted molar refractivity (Wildman–Crippen MR) is 69.7 cm³/mol. The number of pyridine rings is 1. The maximum atomic E-state index is 11.1. The smallest absolute Gasteiger partial charge is 0.354 e. The van der Waals surface area contributed by atoms with Crippen LogP contribution < -0.4 is 0 Å². The van der Waals surface area contributed by atoms with Crippen LogP contribution in [0, 0.1) is 0 Å². The van der Waals surface area contributed by atoms with Crippen molar-refractivity contribution in [1.82, 2.24) is 9.88 Å². The number of carbonyl (C=O) groups is 1. The highest BCUT2D eigenvalue weighted by molar-refractivity contribution is 5.86. The first kappa shape index (κ1) is 13.3. The van der Waals surface area contributed by atoms with E-state index >= 15 is 0 Å². The second kappa shape index (κ2) is 6.15. The lowest BCUT2D eigenvalue weighted by atomic mass is 10.1. The summed E-state index contributed by atoms with van der Waals surface area (Å²) in [7, 11) is 0. The van der Waals surface area contributed by atoms with E-state index in [-0.39, 0.29) is 5.69 Å². The number of rotatable bonds is 6. The minimum Gasteiger partial charge on any atom is -0.477 e. The minimum absolute atomic E-state index is 0.111. The summed E-state index contributed by atoms with van der Waals surface area (Å²) < 4.78 is 5.31. The van der Waals surface area contributed by atoms with Crippen LogP contribution in [-0.4, -0.2) is 27.5 Å². The zero-order valence-electron chi connectivity index (χ0n) is 10.7. The molecule has 100 valence electrons. The second-order valence-electron chi connectivity index (χ2n) is 4.20. The van der Waals surface area contributed by atoms with E-state index < -0.39 is 5.97 Å². The molecular weight excluding hydrogens is 244 g/mol. The standard InChI is InChI=1S/C14H16N2O3/c1-2-16(10-12-6-4-8-19-12)9-11-5-3-7-15-13(11)14(17)18/h3-8H,2,9-10H2,1H3,(H,17,18). The topological polar surface area (TPSA) is 66.6 Å². The molecule has 2 heterocycles. The number of nitrogens with zero attached hydrogens (tertiary/aromatic N) is 2. The molecular formula is C14H16N2O3. The summed E-state index contributed by atoms with van der Waals surface area (Å²) in [6.07, 6.45) is 3.13. The number of hydrogen-bond donors (Lipinski definition) is 1. The highest BCUT2D eigenvalue weighted by Gasteiger charge is 2.14. The van der Waals surface area contributed by atoms with Crippen LogP contribution in [0.15, 0.2) is 41.1 Å². The van der Waals surface area contributed by atoms with Crippen LogP contribution >= 0.6 is 0 Å². The molecule has 2 aromatic heterocycles. The van der Waals surface area contributed by atoms with Gasteiger partial charge in [0.05, 0.1) is 12.8 Å². The highest BCUT2D eigenvalue weighted by atomic mass is 16.4. The average molecular weight is 260 g/mol. The van der Waals surface area contributed by atoms with E-state index in [2.05, 4.69) is 9.88 Å². The normalized spacial score (nSPS) is 10.8. The average Bonchev–Trinajstić information content (AvgIpc) is 2.91. The van der Waals surface area contributed by atoms with E-state index in [1.54, 1.807) is 18.4 Å². The summed E-state index contributed by atoms with van der Waals surface area (Å²) in [5, 5.41) is 9.11. The molecule has 0 atom stereocenters. The second-order valence-corrected chi connectivity index (χ2v) is 4.20. The molecule has 0 saturated carbocycles. The number of hydrogen-bond acceptors (Lipinski definition) is 4. The van der Waals surface area contributed by atoms with Crippen molar-refractivity contribution in [2.24, 2.45) is 0 Å². The molecule has 0 amide bonds. The summed E-state index contributed by atoms with van der Waals surface area (Å²) in [5.74, 6) is -0.132. The Morgan fingerprint density at radius 3 is 2.84 bits per heavy atom. The van der Waals surface area contributed by atoms with Crippen molar-refractivity contribution in [1.29, 1.82) is 0 Å². The molecule has 0 bridgehead atoms. The third kappa shape index (κ3) is 3.42. The van der Waals surface area contributed by atoms with Gasteiger partial charge in [0.25, 0.3) is 0 Å². The van der Waals surface area contributed by atoms with Crippen LogP contribution in [0.1, 0.15) is 28.7 Å². The first-order valence-electron chi connectivity index (χ1n) is 6.12. The van der Waals surface area contributed by atoms with Gasteiger partial charge in [0.15, 0.2) is 5.69 Å². The fourth-order valence-corrected chi connectivity index (χ4v) is 1.90. The van der Waals surface area contributed by atoms with Crippen molar-refractivity contribution in [3.05, 3.63) is 53.7 Å². The molecule has 0 aliphatic rings. The molecule has 0 fully saturated rings. The largest absolute Gasteiger partial charge is 0.477 e. The summed E-state index contributed by atoms with van der Waals surface area (Å²) in [4.78, 5) is 17.1. The molecule has 0 aliphatic heterocycles. The Bertz CT molecular complexity index is 537. The van der Waals surface area contributed by atoms with E-state index in [4.69, 9.17) is 9.52 Å². The molecule has 0 spiro atoms. The Labute approximate surface area is 111 Å². The molecule has 5 nitrogen and oxygen atoms in total. The fraction of sp³-hybridized carbons (Fsp3) is 0.286. The van der Waals surface area contributed by atoms with Crippen LogP contribution in [-0.2, 0) is 13.1 Å². The van der Waals surface area contributed by atoms with Gasteiger partial charge in [-0.3, -0.25) is 4.90 Å². The van der Waals surface area contributed by atoms with Gasteiger partial charge in [-0.25, -0.2) is 9.78 Å². The van der Waals surface area contributed by atoms with Crippen LogP contribution in [0.2, 0.25) is 0 Å².